The lowest BCUT2D eigenvalue weighted by atomic mass is 9.91. The summed E-state index contributed by atoms with van der Waals surface area (Å²) in [5.74, 6) is -1.87. The minimum Gasteiger partial charge on any atom is -0.481 e. The second-order valence-corrected chi connectivity index (χ2v) is 10.1. The number of aliphatic hydroxyl groups excluding tert-OH is 3. The molecule has 2 heterocycles. The van der Waals surface area contributed by atoms with Crippen molar-refractivity contribution in [3.63, 3.8) is 0 Å². The number of nitrogens with zero attached hydrogens (tertiary/aromatic N) is 1. The molecule has 12 heteroatoms. The molecule has 0 bridgehead atoms. The number of aliphatic hydroxyl groups is 3. The molecule has 2 rings (SSSR count). The average molecular weight is 507 g/mol. The number of nitrogens with one attached hydrogen (secondary N) is 1. The number of aliphatic carboxylic acids is 1. The van der Waals surface area contributed by atoms with Crippen LogP contribution in [0.25, 0.3) is 0 Å². The number of carbonyl (C=O) groups excluding carboxylic acids is 2. The summed E-state index contributed by atoms with van der Waals surface area (Å²) in [7, 11) is 1.86. The van der Waals surface area contributed by atoms with E-state index in [0.29, 0.717) is 12.3 Å². The zero-order chi connectivity index (χ0) is 25.6. The van der Waals surface area contributed by atoms with E-state index in [4.69, 9.17) is 14.6 Å². The fourth-order valence-corrected chi connectivity index (χ4v) is 5.35. The highest BCUT2D eigenvalue weighted by Gasteiger charge is 2.49. The Hall–Kier alpha value is -1.44. The summed E-state index contributed by atoms with van der Waals surface area (Å²) in [5.41, 5.74) is -0.874. The first-order valence-corrected chi connectivity index (χ1v) is 12.9. The number of rotatable bonds is 11. The van der Waals surface area contributed by atoms with Crippen molar-refractivity contribution in [3.8, 4) is 0 Å². The Morgan fingerprint density at radius 2 is 1.85 bits per heavy atom. The summed E-state index contributed by atoms with van der Waals surface area (Å²) in [4.78, 5) is 38.1. The third kappa shape index (κ3) is 7.28. The normalized spacial score (nSPS) is 33.8. The first-order valence-electron chi connectivity index (χ1n) is 11.6. The molecule has 0 aliphatic carbocycles. The molecule has 0 aromatic heterocycles. The molecule has 0 saturated carbocycles. The lowest BCUT2D eigenvalue weighted by Crippen LogP contribution is -2.66. The van der Waals surface area contributed by atoms with Crippen LogP contribution < -0.4 is 5.32 Å². The molecule has 0 radical (unpaired) electrons. The Kier molecular flexibility index (Phi) is 11.0. The quantitative estimate of drug-likeness (QED) is 0.231. The fourth-order valence-electron chi connectivity index (χ4n) is 4.67. The topological polar surface area (TPSA) is 166 Å². The third-order valence-corrected chi connectivity index (χ3v) is 7.36. The lowest BCUT2D eigenvalue weighted by molar-refractivity contribution is -0.213. The summed E-state index contributed by atoms with van der Waals surface area (Å²) in [6, 6.07) is -1.46. The van der Waals surface area contributed by atoms with Crippen LogP contribution in [0, 0.1) is 5.92 Å². The van der Waals surface area contributed by atoms with Gasteiger partial charge < -0.3 is 35.2 Å². The molecule has 2 fully saturated rings. The van der Waals surface area contributed by atoms with Crippen molar-refractivity contribution in [2.75, 3.05) is 19.8 Å². The van der Waals surface area contributed by atoms with Gasteiger partial charge >= 0.3 is 11.9 Å². The van der Waals surface area contributed by atoms with Crippen molar-refractivity contribution in [2.45, 2.75) is 94.0 Å². The maximum Gasteiger partial charge on any atom is 0.306 e. The van der Waals surface area contributed by atoms with E-state index in [0.717, 1.165) is 31.1 Å². The van der Waals surface area contributed by atoms with Crippen molar-refractivity contribution in [2.24, 2.45) is 5.92 Å². The van der Waals surface area contributed by atoms with Gasteiger partial charge in [0.05, 0.1) is 24.9 Å². The van der Waals surface area contributed by atoms with Crippen LogP contribution in [-0.4, -0.2) is 111 Å². The summed E-state index contributed by atoms with van der Waals surface area (Å²) < 4.78 is 11.2. The highest BCUT2D eigenvalue weighted by Crippen LogP contribution is 2.31. The van der Waals surface area contributed by atoms with Gasteiger partial charge in [0.2, 0.25) is 5.91 Å². The smallest absolute Gasteiger partial charge is 0.306 e. The molecular weight excluding hydrogens is 468 g/mol. The average Bonchev–Trinajstić information content (AvgIpc) is 3.15. The molecule has 2 saturated heterocycles. The molecule has 9 unspecified atom stereocenters. The van der Waals surface area contributed by atoms with E-state index in [2.05, 4.69) is 12.2 Å². The molecule has 2 aliphatic rings. The van der Waals surface area contributed by atoms with Crippen molar-refractivity contribution in [1.29, 1.82) is 0 Å². The zero-order valence-corrected chi connectivity index (χ0v) is 20.9. The number of amides is 1. The third-order valence-electron chi connectivity index (χ3n) is 6.50. The van der Waals surface area contributed by atoms with Crippen LogP contribution >= 0.6 is 11.8 Å². The van der Waals surface area contributed by atoms with Crippen LogP contribution in [0.15, 0.2) is 0 Å². The molecule has 11 nitrogen and oxygen atoms in total. The van der Waals surface area contributed by atoms with E-state index in [9.17, 15) is 29.7 Å². The van der Waals surface area contributed by atoms with E-state index in [-0.39, 0.29) is 12.3 Å². The summed E-state index contributed by atoms with van der Waals surface area (Å²) in [6.45, 7) is 4.37. The Morgan fingerprint density at radius 3 is 2.44 bits per heavy atom. The van der Waals surface area contributed by atoms with Gasteiger partial charge in [-0.3, -0.25) is 19.3 Å². The maximum atomic E-state index is 13.2. The second-order valence-electron chi connectivity index (χ2n) is 9.15. The molecule has 0 aromatic rings. The van der Waals surface area contributed by atoms with Gasteiger partial charge in [-0.2, -0.15) is 0 Å². The Balaban J connectivity index is 2.22. The van der Waals surface area contributed by atoms with E-state index in [1.54, 1.807) is 6.26 Å². The van der Waals surface area contributed by atoms with Gasteiger partial charge in [0.25, 0.3) is 0 Å². The first kappa shape index (κ1) is 28.8. The van der Waals surface area contributed by atoms with E-state index < -0.39 is 66.4 Å². The van der Waals surface area contributed by atoms with Crippen LogP contribution in [-0.2, 0) is 23.9 Å². The minimum atomic E-state index is -1.56. The molecule has 9 atom stereocenters. The number of carbonyl (C=O) groups is 3. The first-order chi connectivity index (χ1) is 16.0. The lowest BCUT2D eigenvalue weighted by Gasteiger charge is -2.44. The van der Waals surface area contributed by atoms with Gasteiger partial charge in [0.15, 0.2) is 0 Å². The van der Waals surface area contributed by atoms with Crippen LogP contribution in [0.5, 0.6) is 0 Å². The van der Waals surface area contributed by atoms with Gasteiger partial charge in [-0.1, -0.05) is 13.3 Å². The SMILES string of the molecule is CCCC1CC(C(=O)NC(C(C)OC(=O)CCC(=O)O)C2OC(SC)C(O)C(O)C2O)N(C)C1. The maximum absolute atomic E-state index is 13.2. The summed E-state index contributed by atoms with van der Waals surface area (Å²) in [6.07, 6.45) is -3.04. The van der Waals surface area contributed by atoms with Crippen molar-refractivity contribution < 1.29 is 44.3 Å². The molecule has 34 heavy (non-hydrogen) atoms. The molecular formula is C22H38N2O9S. The Labute approximate surface area is 204 Å². The number of likely N-dealkylation sites (tertiary alicyclic amines) is 1. The van der Waals surface area contributed by atoms with Gasteiger partial charge in [0.1, 0.15) is 36.0 Å². The highest BCUT2D eigenvalue weighted by molar-refractivity contribution is 7.99. The highest BCUT2D eigenvalue weighted by atomic mass is 32.2. The zero-order valence-electron chi connectivity index (χ0n) is 20.1. The molecule has 196 valence electrons. The van der Waals surface area contributed by atoms with Crippen LogP contribution in [0.1, 0.15) is 46.0 Å². The number of carboxylic acids is 1. The van der Waals surface area contributed by atoms with E-state index >= 15 is 0 Å². The van der Waals surface area contributed by atoms with Crippen LogP contribution in [0.2, 0.25) is 0 Å². The predicted octanol–water partition coefficient (Wildman–Crippen LogP) is -0.441. The minimum absolute atomic E-state index is 0.323. The predicted molar refractivity (Wildman–Crippen MR) is 124 cm³/mol. The molecule has 2 aliphatic heterocycles. The number of ether oxygens (including phenoxy) is 2. The van der Waals surface area contributed by atoms with Crippen LogP contribution in [0.4, 0.5) is 0 Å². The van der Waals surface area contributed by atoms with E-state index in [1.165, 1.54) is 6.92 Å². The van der Waals surface area contributed by atoms with Gasteiger partial charge in [-0.25, -0.2) is 0 Å². The standard InChI is InChI=1S/C22H38N2O9S/c1-5-6-12-9-13(24(3)10-12)21(31)23-16(11(2)32-15(27)8-7-14(25)26)20-18(29)17(28)19(30)22(33-20)34-4/h11-13,16-20,22,28-30H,5-10H2,1-4H3,(H,23,31)(H,25,26). The monoisotopic (exact) mass is 506 g/mol. The molecule has 0 spiro atoms. The molecule has 5 N–H and O–H groups in total. The van der Waals surface area contributed by atoms with Crippen molar-refractivity contribution in [3.05, 3.63) is 0 Å². The van der Waals surface area contributed by atoms with E-state index in [1.807, 2.05) is 11.9 Å². The van der Waals surface area contributed by atoms with Crippen molar-refractivity contribution >= 4 is 29.6 Å². The number of hydrogen-bond acceptors (Lipinski definition) is 10. The number of esters is 1. The number of carboxylic acid groups (broad SMARTS) is 1. The fraction of sp³-hybridized carbons (Fsp3) is 0.864. The van der Waals surface area contributed by atoms with Gasteiger partial charge in [-0.15, -0.1) is 11.8 Å². The molecule has 0 aromatic carbocycles. The largest absolute Gasteiger partial charge is 0.481 e. The van der Waals surface area contributed by atoms with Crippen molar-refractivity contribution in [1.82, 2.24) is 10.2 Å². The van der Waals surface area contributed by atoms with Gasteiger partial charge in [0, 0.05) is 6.54 Å². The molecule has 1 amide bonds. The van der Waals surface area contributed by atoms with Crippen LogP contribution in [0.3, 0.4) is 0 Å². The summed E-state index contributed by atoms with van der Waals surface area (Å²) in [5, 5.41) is 42.9. The second kappa shape index (κ2) is 13.0. The number of thioether (sulfide) groups is 1. The van der Waals surface area contributed by atoms with Gasteiger partial charge in [-0.05, 0) is 39.0 Å². The number of hydrogen-bond donors (Lipinski definition) is 5. The summed E-state index contributed by atoms with van der Waals surface area (Å²) >= 11 is 1.13. The Bertz CT molecular complexity index is 710. The Morgan fingerprint density at radius 1 is 1.18 bits per heavy atom. The number of likely N-dealkylation sites (N-methyl/N-ethyl adjacent to an activating group) is 1.